The first-order valence-electron chi connectivity index (χ1n) is 4.72. The minimum Gasteiger partial charge on any atom is -0.296 e. The molecule has 15 heavy (non-hydrogen) atoms. The van der Waals surface area contributed by atoms with E-state index < -0.39 is 4.87 Å². The van der Waals surface area contributed by atoms with E-state index in [1.807, 2.05) is 37.3 Å². The van der Waals surface area contributed by atoms with Crippen molar-refractivity contribution >= 4 is 22.6 Å². The van der Waals surface area contributed by atoms with Crippen molar-refractivity contribution in [3.8, 4) is 0 Å². The van der Waals surface area contributed by atoms with Gasteiger partial charge < -0.3 is 0 Å². The topological polar surface area (TPSA) is 41.5 Å². The SMILES string of the molecule is CC(=O)[C@@]1(C)NN=C(c2ccccc2)S1. The summed E-state index contributed by atoms with van der Waals surface area (Å²) in [6.07, 6.45) is 0. The number of hydrogen-bond acceptors (Lipinski definition) is 4. The molecule has 0 spiro atoms. The quantitative estimate of drug-likeness (QED) is 0.828. The molecule has 1 aliphatic rings. The molecule has 1 aliphatic heterocycles. The summed E-state index contributed by atoms with van der Waals surface area (Å²) < 4.78 is 0. The average molecular weight is 220 g/mol. The van der Waals surface area contributed by atoms with Gasteiger partial charge in [-0.2, -0.15) is 5.10 Å². The number of ketones is 1. The maximum atomic E-state index is 11.4. The molecule has 1 heterocycles. The second-order valence-electron chi connectivity index (χ2n) is 3.59. The largest absolute Gasteiger partial charge is 0.296 e. The zero-order chi connectivity index (χ0) is 10.9. The smallest absolute Gasteiger partial charge is 0.166 e. The van der Waals surface area contributed by atoms with Gasteiger partial charge in [-0.1, -0.05) is 42.1 Å². The van der Waals surface area contributed by atoms with Crippen molar-refractivity contribution in [2.45, 2.75) is 18.7 Å². The molecule has 0 amide bonds. The van der Waals surface area contributed by atoms with Gasteiger partial charge >= 0.3 is 0 Å². The fourth-order valence-corrected chi connectivity index (χ4v) is 2.22. The summed E-state index contributed by atoms with van der Waals surface area (Å²) in [6, 6.07) is 9.85. The van der Waals surface area contributed by atoms with E-state index in [4.69, 9.17) is 0 Å². The van der Waals surface area contributed by atoms with Crippen molar-refractivity contribution in [3.05, 3.63) is 35.9 Å². The highest BCUT2D eigenvalue weighted by molar-refractivity contribution is 8.16. The fraction of sp³-hybridized carbons (Fsp3) is 0.273. The van der Waals surface area contributed by atoms with Crippen LogP contribution >= 0.6 is 11.8 Å². The lowest BCUT2D eigenvalue weighted by Crippen LogP contribution is -2.39. The second kappa shape index (κ2) is 3.70. The molecule has 0 fully saturated rings. The van der Waals surface area contributed by atoms with Gasteiger partial charge in [0.2, 0.25) is 0 Å². The van der Waals surface area contributed by atoms with Crippen LogP contribution in [-0.4, -0.2) is 15.7 Å². The van der Waals surface area contributed by atoms with Crippen LogP contribution in [0.5, 0.6) is 0 Å². The van der Waals surface area contributed by atoms with Gasteiger partial charge in [-0.3, -0.25) is 10.2 Å². The summed E-state index contributed by atoms with van der Waals surface area (Å²) in [5.41, 5.74) is 3.92. The molecule has 0 radical (unpaired) electrons. The average Bonchev–Trinajstić information content (AvgIpc) is 2.64. The number of hydrazone groups is 1. The first-order chi connectivity index (χ1) is 7.12. The lowest BCUT2D eigenvalue weighted by Gasteiger charge is -2.18. The van der Waals surface area contributed by atoms with E-state index in [9.17, 15) is 4.79 Å². The molecular weight excluding hydrogens is 208 g/mol. The Morgan fingerprint density at radius 3 is 2.60 bits per heavy atom. The van der Waals surface area contributed by atoms with Crippen molar-refractivity contribution in [3.63, 3.8) is 0 Å². The van der Waals surface area contributed by atoms with E-state index in [1.54, 1.807) is 6.92 Å². The molecule has 0 aromatic heterocycles. The Morgan fingerprint density at radius 2 is 2.07 bits per heavy atom. The number of nitrogens with one attached hydrogen (secondary N) is 1. The van der Waals surface area contributed by atoms with Gasteiger partial charge in [-0.05, 0) is 13.8 Å². The molecule has 0 aliphatic carbocycles. The summed E-state index contributed by atoms with van der Waals surface area (Å²) in [4.78, 5) is 10.8. The van der Waals surface area contributed by atoms with E-state index in [1.165, 1.54) is 11.8 Å². The molecule has 1 aromatic carbocycles. The second-order valence-corrected chi connectivity index (χ2v) is 4.99. The van der Waals surface area contributed by atoms with Crippen molar-refractivity contribution in [2.75, 3.05) is 0 Å². The van der Waals surface area contributed by atoms with Gasteiger partial charge in [0.15, 0.2) is 10.7 Å². The van der Waals surface area contributed by atoms with E-state index >= 15 is 0 Å². The third kappa shape index (κ3) is 1.90. The first kappa shape index (κ1) is 10.2. The van der Waals surface area contributed by atoms with Gasteiger partial charge in [0.05, 0.1) is 0 Å². The molecule has 3 nitrogen and oxygen atoms in total. The van der Waals surface area contributed by atoms with Crippen LogP contribution < -0.4 is 5.43 Å². The standard InChI is InChI=1S/C11H12N2OS/c1-8(14)11(2)13-12-10(15-11)9-6-4-3-5-7-9/h3-7,13H,1-2H3/t11-/m0/s1. The molecule has 1 aromatic rings. The number of carbonyl (C=O) groups is 1. The van der Waals surface area contributed by atoms with Crippen LogP contribution in [0.2, 0.25) is 0 Å². The number of rotatable bonds is 2. The lowest BCUT2D eigenvalue weighted by atomic mass is 10.2. The van der Waals surface area contributed by atoms with Gasteiger partial charge in [0.1, 0.15) is 5.04 Å². The van der Waals surface area contributed by atoms with Gasteiger partial charge in [-0.25, -0.2) is 0 Å². The van der Waals surface area contributed by atoms with Gasteiger partial charge in [0.25, 0.3) is 0 Å². The summed E-state index contributed by atoms with van der Waals surface area (Å²) in [5, 5.41) is 5.06. The van der Waals surface area contributed by atoms with Crippen molar-refractivity contribution < 1.29 is 4.79 Å². The molecular formula is C11H12N2OS. The van der Waals surface area contributed by atoms with E-state index in [0.29, 0.717) is 0 Å². The summed E-state index contributed by atoms with van der Waals surface area (Å²) in [7, 11) is 0. The Labute approximate surface area is 93.0 Å². The Morgan fingerprint density at radius 1 is 1.40 bits per heavy atom. The Kier molecular flexibility index (Phi) is 2.52. The molecule has 4 heteroatoms. The van der Waals surface area contributed by atoms with Crippen LogP contribution in [0.4, 0.5) is 0 Å². The third-order valence-electron chi connectivity index (χ3n) is 2.36. The zero-order valence-corrected chi connectivity index (χ0v) is 9.47. The Hall–Kier alpha value is -1.29. The van der Waals surface area contributed by atoms with Crippen LogP contribution in [0.15, 0.2) is 35.4 Å². The zero-order valence-electron chi connectivity index (χ0n) is 8.65. The number of benzene rings is 1. The maximum Gasteiger partial charge on any atom is 0.166 e. The van der Waals surface area contributed by atoms with Crippen molar-refractivity contribution in [2.24, 2.45) is 5.10 Å². The number of Topliss-reactive ketones (excluding diaryl/α,β-unsaturated/α-hetero) is 1. The molecule has 1 N–H and O–H groups in total. The summed E-state index contributed by atoms with van der Waals surface area (Å²) in [5.74, 6) is 0.0854. The highest BCUT2D eigenvalue weighted by Crippen LogP contribution is 2.32. The monoisotopic (exact) mass is 220 g/mol. The minimum atomic E-state index is -0.606. The number of nitrogens with zero attached hydrogens (tertiary/aromatic N) is 1. The summed E-state index contributed by atoms with van der Waals surface area (Å²) in [6.45, 7) is 3.42. The molecule has 0 saturated carbocycles. The molecule has 0 saturated heterocycles. The predicted octanol–water partition coefficient (Wildman–Crippen LogP) is 1.99. The molecule has 0 bridgehead atoms. The van der Waals surface area contributed by atoms with Crippen LogP contribution in [0.25, 0.3) is 0 Å². The third-order valence-corrected chi connectivity index (χ3v) is 3.67. The highest BCUT2D eigenvalue weighted by atomic mass is 32.2. The van der Waals surface area contributed by atoms with E-state index in [0.717, 1.165) is 10.6 Å². The lowest BCUT2D eigenvalue weighted by molar-refractivity contribution is -0.119. The van der Waals surface area contributed by atoms with E-state index in [2.05, 4.69) is 10.5 Å². The normalized spacial score (nSPS) is 24.5. The fourth-order valence-electron chi connectivity index (χ4n) is 1.25. The van der Waals surface area contributed by atoms with Crippen molar-refractivity contribution in [1.82, 2.24) is 5.43 Å². The number of thioether (sulfide) groups is 1. The van der Waals surface area contributed by atoms with Gasteiger partial charge in [-0.15, -0.1) is 0 Å². The maximum absolute atomic E-state index is 11.4. The van der Waals surface area contributed by atoms with Gasteiger partial charge in [0, 0.05) is 5.56 Å². The Balaban J connectivity index is 2.21. The summed E-state index contributed by atoms with van der Waals surface area (Å²) >= 11 is 1.46. The molecule has 1 atom stereocenters. The molecule has 2 rings (SSSR count). The van der Waals surface area contributed by atoms with E-state index in [-0.39, 0.29) is 5.78 Å². The first-order valence-corrected chi connectivity index (χ1v) is 5.54. The van der Waals surface area contributed by atoms with Crippen molar-refractivity contribution in [1.29, 1.82) is 0 Å². The molecule has 78 valence electrons. The predicted molar refractivity (Wildman–Crippen MR) is 62.8 cm³/mol. The highest BCUT2D eigenvalue weighted by Gasteiger charge is 2.36. The van der Waals surface area contributed by atoms with Crippen LogP contribution in [0, 0.1) is 0 Å². The Bertz CT molecular complexity index is 416. The van der Waals surface area contributed by atoms with Crippen LogP contribution in [0.1, 0.15) is 19.4 Å². The minimum absolute atomic E-state index is 0.0854. The van der Waals surface area contributed by atoms with Crippen LogP contribution in [0.3, 0.4) is 0 Å². The number of carbonyl (C=O) groups excluding carboxylic acids is 1. The molecule has 0 unspecified atom stereocenters. The van der Waals surface area contributed by atoms with Crippen LogP contribution in [-0.2, 0) is 4.79 Å². The number of hydrogen-bond donors (Lipinski definition) is 1.